The second-order valence-electron chi connectivity index (χ2n) is 5.53. The molecule has 0 bridgehead atoms. The lowest BCUT2D eigenvalue weighted by molar-refractivity contribution is 0.423. The van der Waals surface area contributed by atoms with Gasteiger partial charge in [-0.05, 0) is 56.8 Å². The first kappa shape index (κ1) is 13.4. The Kier molecular flexibility index (Phi) is 4.65. The summed E-state index contributed by atoms with van der Waals surface area (Å²) in [7, 11) is 0. The van der Waals surface area contributed by atoms with E-state index in [4.69, 9.17) is 0 Å². The third kappa shape index (κ3) is 3.26. The van der Waals surface area contributed by atoms with Gasteiger partial charge in [-0.25, -0.2) is 0 Å². The molecule has 1 aromatic carbocycles. The Labute approximate surface area is 111 Å². The van der Waals surface area contributed by atoms with Crippen LogP contribution >= 0.6 is 0 Å². The maximum atomic E-state index is 3.66. The van der Waals surface area contributed by atoms with Crippen LogP contribution in [0.4, 0.5) is 5.69 Å². The molecule has 100 valence electrons. The molecule has 1 saturated heterocycles. The molecular weight excluding hydrogens is 220 g/mol. The third-order valence-electron chi connectivity index (χ3n) is 3.81. The average molecular weight is 246 g/mol. The van der Waals surface area contributed by atoms with Crippen molar-refractivity contribution in [1.82, 2.24) is 5.32 Å². The second kappa shape index (κ2) is 6.24. The number of hydrogen-bond donors (Lipinski definition) is 1. The summed E-state index contributed by atoms with van der Waals surface area (Å²) in [4.78, 5) is 2.55. The van der Waals surface area contributed by atoms with Gasteiger partial charge >= 0.3 is 0 Å². The van der Waals surface area contributed by atoms with E-state index in [-0.39, 0.29) is 0 Å². The van der Waals surface area contributed by atoms with Gasteiger partial charge in [0.1, 0.15) is 0 Å². The third-order valence-corrected chi connectivity index (χ3v) is 3.81. The van der Waals surface area contributed by atoms with E-state index < -0.39 is 0 Å². The van der Waals surface area contributed by atoms with E-state index in [0.29, 0.717) is 6.04 Å². The Hall–Kier alpha value is -1.02. The quantitative estimate of drug-likeness (QED) is 0.877. The minimum absolute atomic E-state index is 0.665. The topological polar surface area (TPSA) is 15.3 Å². The Balaban J connectivity index is 2.05. The van der Waals surface area contributed by atoms with Gasteiger partial charge in [-0.1, -0.05) is 19.1 Å². The summed E-state index contributed by atoms with van der Waals surface area (Å²) in [6.07, 6.45) is 3.84. The lowest BCUT2D eigenvalue weighted by atomic mass is 10.0. The van der Waals surface area contributed by atoms with Gasteiger partial charge in [-0.15, -0.1) is 0 Å². The summed E-state index contributed by atoms with van der Waals surface area (Å²) >= 11 is 0. The van der Waals surface area contributed by atoms with Crippen LogP contribution in [0.1, 0.15) is 37.3 Å². The van der Waals surface area contributed by atoms with Crippen LogP contribution in [0.5, 0.6) is 0 Å². The molecule has 2 nitrogen and oxygen atoms in total. The summed E-state index contributed by atoms with van der Waals surface area (Å²) < 4.78 is 0. The Bertz CT molecular complexity index is 387. The molecule has 0 amide bonds. The summed E-state index contributed by atoms with van der Waals surface area (Å²) in [6, 6.07) is 7.44. The number of benzene rings is 1. The summed E-state index contributed by atoms with van der Waals surface area (Å²) in [6.45, 7) is 10.1. The van der Waals surface area contributed by atoms with E-state index >= 15 is 0 Å². The van der Waals surface area contributed by atoms with E-state index in [2.05, 4.69) is 49.2 Å². The standard InChI is InChI=1S/C16H26N2/c1-4-9-17-15-6-5-10-18(12-15)16-11-13(2)7-8-14(16)3/h7-8,11,15,17H,4-6,9-10,12H2,1-3H3. The van der Waals surface area contributed by atoms with Crippen molar-refractivity contribution in [3.8, 4) is 0 Å². The zero-order valence-corrected chi connectivity index (χ0v) is 12.0. The fourth-order valence-corrected chi connectivity index (χ4v) is 2.77. The zero-order chi connectivity index (χ0) is 13.0. The maximum Gasteiger partial charge on any atom is 0.0399 e. The van der Waals surface area contributed by atoms with E-state index in [9.17, 15) is 0 Å². The van der Waals surface area contributed by atoms with Crippen molar-refractivity contribution < 1.29 is 0 Å². The average Bonchev–Trinajstić information content (AvgIpc) is 2.39. The predicted molar refractivity (Wildman–Crippen MR) is 79.4 cm³/mol. The maximum absolute atomic E-state index is 3.66. The first-order valence-corrected chi connectivity index (χ1v) is 7.26. The number of piperidine rings is 1. The van der Waals surface area contributed by atoms with Gasteiger partial charge in [0.25, 0.3) is 0 Å². The number of aryl methyl sites for hydroxylation is 2. The Morgan fingerprint density at radius 1 is 1.33 bits per heavy atom. The SMILES string of the molecule is CCCNC1CCCN(c2cc(C)ccc2C)C1. The highest BCUT2D eigenvalue weighted by molar-refractivity contribution is 5.55. The van der Waals surface area contributed by atoms with Gasteiger partial charge in [0.05, 0.1) is 0 Å². The highest BCUT2D eigenvalue weighted by Gasteiger charge is 2.20. The van der Waals surface area contributed by atoms with E-state index in [1.807, 2.05) is 0 Å². The molecular formula is C16H26N2. The van der Waals surface area contributed by atoms with Crippen molar-refractivity contribution in [2.75, 3.05) is 24.5 Å². The lowest BCUT2D eigenvalue weighted by Gasteiger charge is -2.36. The fourth-order valence-electron chi connectivity index (χ4n) is 2.77. The van der Waals surface area contributed by atoms with Crippen molar-refractivity contribution in [3.63, 3.8) is 0 Å². The zero-order valence-electron chi connectivity index (χ0n) is 12.0. The van der Waals surface area contributed by atoms with Crippen LogP contribution in [0.2, 0.25) is 0 Å². The lowest BCUT2D eigenvalue weighted by Crippen LogP contribution is -2.46. The van der Waals surface area contributed by atoms with E-state index in [1.54, 1.807) is 0 Å². The molecule has 1 aromatic rings. The molecule has 1 N–H and O–H groups in total. The Morgan fingerprint density at radius 2 is 2.17 bits per heavy atom. The van der Waals surface area contributed by atoms with Crippen LogP contribution in [0, 0.1) is 13.8 Å². The number of nitrogens with zero attached hydrogens (tertiary/aromatic N) is 1. The van der Waals surface area contributed by atoms with Gasteiger partial charge < -0.3 is 10.2 Å². The van der Waals surface area contributed by atoms with Crippen LogP contribution in [-0.4, -0.2) is 25.7 Å². The fraction of sp³-hybridized carbons (Fsp3) is 0.625. The molecule has 0 radical (unpaired) electrons. The monoisotopic (exact) mass is 246 g/mol. The van der Waals surface area contributed by atoms with E-state index in [1.165, 1.54) is 42.6 Å². The largest absolute Gasteiger partial charge is 0.370 e. The molecule has 0 saturated carbocycles. The van der Waals surface area contributed by atoms with Crippen molar-refractivity contribution in [2.45, 2.75) is 46.1 Å². The van der Waals surface area contributed by atoms with Crippen LogP contribution in [0.15, 0.2) is 18.2 Å². The molecule has 1 fully saturated rings. The molecule has 1 unspecified atom stereocenters. The number of nitrogens with one attached hydrogen (secondary N) is 1. The van der Waals surface area contributed by atoms with Crippen molar-refractivity contribution in [2.24, 2.45) is 0 Å². The van der Waals surface area contributed by atoms with Crippen molar-refractivity contribution >= 4 is 5.69 Å². The first-order chi connectivity index (χ1) is 8.70. The highest BCUT2D eigenvalue weighted by atomic mass is 15.2. The molecule has 1 atom stereocenters. The normalized spacial score (nSPS) is 20.2. The number of rotatable bonds is 4. The minimum atomic E-state index is 0.665. The highest BCUT2D eigenvalue weighted by Crippen LogP contribution is 2.24. The van der Waals surface area contributed by atoms with Gasteiger partial charge in [0.2, 0.25) is 0 Å². The molecule has 2 heteroatoms. The van der Waals surface area contributed by atoms with Crippen molar-refractivity contribution in [1.29, 1.82) is 0 Å². The summed E-state index contributed by atoms with van der Waals surface area (Å²) in [5, 5.41) is 3.66. The summed E-state index contributed by atoms with van der Waals surface area (Å²) in [5.74, 6) is 0. The second-order valence-corrected chi connectivity index (χ2v) is 5.53. The van der Waals surface area contributed by atoms with E-state index in [0.717, 1.165) is 13.1 Å². The number of hydrogen-bond acceptors (Lipinski definition) is 2. The van der Waals surface area contributed by atoms with Crippen molar-refractivity contribution in [3.05, 3.63) is 29.3 Å². The molecule has 1 heterocycles. The molecule has 18 heavy (non-hydrogen) atoms. The van der Waals surface area contributed by atoms with Gasteiger partial charge in [0.15, 0.2) is 0 Å². The Morgan fingerprint density at radius 3 is 2.94 bits per heavy atom. The van der Waals surface area contributed by atoms with Crippen LogP contribution < -0.4 is 10.2 Å². The predicted octanol–water partition coefficient (Wildman–Crippen LogP) is 3.27. The van der Waals surface area contributed by atoms with Gasteiger partial charge in [-0.2, -0.15) is 0 Å². The smallest absolute Gasteiger partial charge is 0.0399 e. The molecule has 0 aliphatic carbocycles. The van der Waals surface area contributed by atoms with Gasteiger partial charge in [0, 0.05) is 24.8 Å². The minimum Gasteiger partial charge on any atom is -0.370 e. The van der Waals surface area contributed by atoms with Crippen LogP contribution in [-0.2, 0) is 0 Å². The van der Waals surface area contributed by atoms with Crippen LogP contribution in [0.25, 0.3) is 0 Å². The number of anilines is 1. The first-order valence-electron chi connectivity index (χ1n) is 7.26. The molecule has 2 rings (SSSR count). The molecule has 0 spiro atoms. The molecule has 0 aromatic heterocycles. The summed E-state index contributed by atoms with van der Waals surface area (Å²) in [5.41, 5.74) is 4.19. The molecule has 1 aliphatic rings. The van der Waals surface area contributed by atoms with Crippen LogP contribution in [0.3, 0.4) is 0 Å². The van der Waals surface area contributed by atoms with Gasteiger partial charge in [-0.3, -0.25) is 0 Å². The molecule has 1 aliphatic heterocycles.